The van der Waals surface area contributed by atoms with Crippen molar-refractivity contribution in [1.82, 2.24) is 4.81 Å². The van der Waals surface area contributed by atoms with Gasteiger partial charge in [-0.3, -0.25) is 0 Å². The molecule has 0 aromatic heterocycles. The molecule has 0 amide bonds. The lowest BCUT2D eigenvalue weighted by Crippen LogP contribution is -2.23. The highest BCUT2D eigenvalue weighted by molar-refractivity contribution is 6.04. The molecule has 12 heavy (non-hydrogen) atoms. The third kappa shape index (κ3) is 12.0. The molecular formula is C10H18BN. The van der Waals surface area contributed by atoms with Gasteiger partial charge in [0, 0.05) is 6.04 Å². The lowest BCUT2D eigenvalue weighted by atomic mass is 10.2. The molecule has 1 atom stereocenters. The van der Waals surface area contributed by atoms with Gasteiger partial charge in [0.25, 0.3) is 0 Å². The summed E-state index contributed by atoms with van der Waals surface area (Å²) >= 11 is 0. The molecule has 0 rings (SSSR count). The Labute approximate surface area is 78.3 Å². The Hall–Kier alpha value is -0.675. The molecule has 0 saturated carbocycles. The quantitative estimate of drug-likeness (QED) is 0.342. The Bertz CT molecular complexity index is 156. The summed E-state index contributed by atoms with van der Waals surface area (Å²) in [6.07, 6.45) is 4.04. The first-order valence-electron chi connectivity index (χ1n) is 4.03. The Balaban J connectivity index is 0. The van der Waals surface area contributed by atoms with Crippen LogP contribution in [0.1, 0.15) is 27.7 Å². The number of hydrogen-bond donors (Lipinski definition) is 0. The van der Waals surface area contributed by atoms with E-state index in [0.717, 1.165) is 0 Å². The molecule has 0 heterocycles. The lowest BCUT2D eigenvalue weighted by Gasteiger charge is -2.15. The van der Waals surface area contributed by atoms with Gasteiger partial charge in [0.05, 0.1) is 0 Å². The summed E-state index contributed by atoms with van der Waals surface area (Å²) in [6.45, 7) is 7.67. The minimum absolute atomic E-state index is 0.347. The predicted octanol–water partition coefficient (Wildman–Crippen LogP) is 2.00. The van der Waals surface area contributed by atoms with Crippen LogP contribution in [0, 0.1) is 11.8 Å². The second-order valence-corrected chi connectivity index (χ2v) is 2.43. The van der Waals surface area contributed by atoms with Crippen molar-refractivity contribution in [3.63, 3.8) is 0 Å². The van der Waals surface area contributed by atoms with Crippen LogP contribution in [0.15, 0.2) is 12.2 Å². The predicted molar refractivity (Wildman–Crippen MR) is 56.9 cm³/mol. The van der Waals surface area contributed by atoms with Crippen LogP contribution in [-0.2, 0) is 0 Å². The Kier molecular flexibility index (Phi) is 11.9. The number of allylic oxidation sites excluding steroid dienone is 1. The molecule has 0 fully saturated rings. The summed E-state index contributed by atoms with van der Waals surface area (Å²) in [5, 5.41) is 0. The van der Waals surface area contributed by atoms with Crippen LogP contribution in [0.2, 0.25) is 0 Å². The fourth-order valence-electron chi connectivity index (χ4n) is 0.414. The van der Waals surface area contributed by atoms with Crippen LogP contribution in [0.5, 0.6) is 0 Å². The molecule has 0 saturated heterocycles. The van der Waals surface area contributed by atoms with Crippen molar-refractivity contribution >= 4 is 7.98 Å². The zero-order valence-electron chi connectivity index (χ0n) is 8.76. The van der Waals surface area contributed by atoms with Crippen LogP contribution >= 0.6 is 0 Å². The van der Waals surface area contributed by atoms with Gasteiger partial charge in [-0.1, -0.05) is 12.2 Å². The molecule has 0 aliphatic rings. The molecule has 66 valence electrons. The van der Waals surface area contributed by atoms with E-state index in [4.69, 9.17) is 7.98 Å². The van der Waals surface area contributed by atoms with Crippen molar-refractivity contribution in [3.05, 3.63) is 12.2 Å². The van der Waals surface area contributed by atoms with Gasteiger partial charge in [0.15, 0.2) is 7.98 Å². The van der Waals surface area contributed by atoms with E-state index < -0.39 is 0 Å². The summed E-state index contributed by atoms with van der Waals surface area (Å²) in [7, 11) is 7.26. The molecule has 2 radical (unpaired) electrons. The summed E-state index contributed by atoms with van der Waals surface area (Å²) in [5.41, 5.74) is 0. The minimum atomic E-state index is 0.347. The zero-order valence-corrected chi connectivity index (χ0v) is 8.76. The lowest BCUT2D eigenvalue weighted by molar-refractivity contribution is 0.490. The maximum absolute atomic E-state index is 5.40. The highest BCUT2D eigenvalue weighted by Gasteiger charge is 1.94. The highest BCUT2D eigenvalue weighted by atomic mass is 15.0. The van der Waals surface area contributed by atoms with Gasteiger partial charge < -0.3 is 4.81 Å². The Morgan fingerprint density at radius 3 is 1.83 bits per heavy atom. The fourth-order valence-corrected chi connectivity index (χ4v) is 0.414. The van der Waals surface area contributed by atoms with E-state index in [1.807, 2.05) is 46.9 Å². The van der Waals surface area contributed by atoms with Gasteiger partial charge in [-0.05, 0) is 34.7 Å². The average molecular weight is 163 g/mol. The third-order valence-corrected chi connectivity index (χ3v) is 1.36. The molecule has 1 unspecified atom stereocenters. The standard InChI is InChI=1S/C6H12BN.C4H6/c1-4-5-6(2)8(3)7;1-3-4-2/h4-6H,1-3H3;1-2H3/b5-4-;. The van der Waals surface area contributed by atoms with Crippen LogP contribution in [0.25, 0.3) is 0 Å². The molecule has 2 heteroatoms. The van der Waals surface area contributed by atoms with Crippen LogP contribution < -0.4 is 0 Å². The molecule has 1 nitrogen and oxygen atoms in total. The summed E-state index contributed by atoms with van der Waals surface area (Å²) < 4.78 is 0. The van der Waals surface area contributed by atoms with E-state index in [2.05, 4.69) is 11.8 Å². The largest absolute Gasteiger partial charge is 0.351 e. The topological polar surface area (TPSA) is 3.24 Å². The monoisotopic (exact) mass is 163 g/mol. The zero-order chi connectivity index (χ0) is 9.98. The molecular weight excluding hydrogens is 145 g/mol. The number of nitrogens with zero attached hydrogens (tertiary/aromatic N) is 1. The second-order valence-electron chi connectivity index (χ2n) is 2.43. The normalized spacial score (nSPS) is 11.5. The maximum Gasteiger partial charge on any atom is 0.182 e. The van der Waals surface area contributed by atoms with E-state index in [-0.39, 0.29) is 0 Å². The summed E-state index contributed by atoms with van der Waals surface area (Å²) in [5.74, 6) is 5.36. The first kappa shape index (κ1) is 13.9. The van der Waals surface area contributed by atoms with Crippen molar-refractivity contribution in [3.8, 4) is 11.8 Å². The highest BCUT2D eigenvalue weighted by Crippen LogP contribution is 1.90. The van der Waals surface area contributed by atoms with Gasteiger partial charge in [-0.15, -0.1) is 11.8 Å². The van der Waals surface area contributed by atoms with Gasteiger partial charge >= 0.3 is 0 Å². The molecule has 0 aromatic rings. The van der Waals surface area contributed by atoms with Crippen molar-refractivity contribution in [2.75, 3.05) is 7.05 Å². The molecule has 0 aliphatic heterocycles. The summed E-state index contributed by atoms with van der Waals surface area (Å²) in [4.78, 5) is 1.67. The van der Waals surface area contributed by atoms with E-state index in [1.54, 1.807) is 4.81 Å². The molecule has 0 spiro atoms. The van der Waals surface area contributed by atoms with Gasteiger partial charge in [-0.25, -0.2) is 0 Å². The fraction of sp³-hybridized carbons (Fsp3) is 0.600. The van der Waals surface area contributed by atoms with Gasteiger partial charge in [0.1, 0.15) is 0 Å². The van der Waals surface area contributed by atoms with Gasteiger partial charge in [-0.2, -0.15) is 0 Å². The number of rotatable bonds is 2. The van der Waals surface area contributed by atoms with Crippen molar-refractivity contribution < 1.29 is 0 Å². The SMILES string of the molecule is CC#CC.[B]N(C)C(C)/C=C\C. The first-order chi connectivity index (χ1) is 5.59. The molecule has 0 aromatic carbocycles. The first-order valence-corrected chi connectivity index (χ1v) is 4.03. The van der Waals surface area contributed by atoms with Gasteiger partial charge in [0.2, 0.25) is 0 Å². The number of hydrogen-bond acceptors (Lipinski definition) is 1. The Morgan fingerprint density at radius 1 is 1.33 bits per heavy atom. The third-order valence-electron chi connectivity index (χ3n) is 1.36. The Morgan fingerprint density at radius 2 is 1.75 bits per heavy atom. The van der Waals surface area contributed by atoms with E-state index >= 15 is 0 Å². The summed E-state index contributed by atoms with van der Waals surface area (Å²) in [6, 6.07) is 0.347. The van der Waals surface area contributed by atoms with Crippen LogP contribution in [0.3, 0.4) is 0 Å². The molecule has 0 bridgehead atoms. The molecule has 0 aliphatic carbocycles. The second kappa shape index (κ2) is 10.3. The molecule has 0 N–H and O–H groups in total. The van der Waals surface area contributed by atoms with E-state index in [1.165, 1.54) is 0 Å². The average Bonchev–Trinajstić information content (AvgIpc) is 2.05. The van der Waals surface area contributed by atoms with Crippen LogP contribution in [0.4, 0.5) is 0 Å². The van der Waals surface area contributed by atoms with Crippen molar-refractivity contribution in [2.45, 2.75) is 33.7 Å². The van der Waals surface area contributed by atoms with Crippen LogP contribution in [-0.4, -0.2) is 25.9 Å². The van der Waals surface area contributed by atoms with E-state index in [9.17, 15) is 0 Å². The van der Waals surface area contributed by atoms with E-state index in [0.29, 0.717) is 6.04 Å². The van der Waals surface area contributed by atoms with Crippen molar-refractivity contribution in [2.24, 2.45) is 0 Å². The maximum atomic E-state index is 5.40. The minimum Gasteiger partial charge on any atom is -0.351 e. The number of likely N-dealkylation sites (N-methyl/N-ethyl adjacent to an activating group) is 1. The van der Waals surface area contributed by atoms with Crippen molar-refractivity contribution in [1.29, 1.82) is 0 Å². The smallest absolute Gasteiger partial charge is 0.182 e.